The van der Waals surface area contributed by atoms with Gasteiger partial charge in [-0.15, -0.1) is 0 Å². The Morgan fingerprint density at radius 2 is 2.30 bits per heavy atom. The minimum Gasteiger partial charge on any atom is -0.494 e. The Morgan fingerprint density at radius 3 is 3.05 bits per heavy atom. The van der Waals surface area contributed by atoms with Crippen molar-refractivity contribution in [3.8, 4) is 11.5 Å². The summed E-state index contributed by atoms with van der Waals surface area (Å²) in [4.78, 5) is 4.23. The molecule has 3 rings (SSSR count). The predicted molar refractivity (Wildman–Crippen MR) is 74.7 cm³/mol. The van der Waals surface area contributed by atoms with Gasteiger partial charge in [0.05, 0.1) is 19.2 Å². The zero-order valence-corrected chi connectivity index (χ0v) is 11.4. The summed E-state index contributed by atoms with van der Waals surface area (Å²) in [5, 5.41) is 3.98. The second-order valence-electron chi connectivity index (χ2n) is 4.98. The van der Waals surface area contributed by atoms with Crippen LogP contribution in [-0.2, 0) is 0 Å². The summed E-state index contributed by atoms with van der Waals surface area (Å²) in [6.07, 6.45) is 2.78. The molecule has 1 N–H and O–H groups in total. The van der Waals surface area contributed by atoms with Crippen molar-refractivity contribution in [2.24, 2.45) is 5.92 Å². The third kappa shape index (κ3) is 2.54. The number of rotatable bonds is 4. The molecule has 1 aromatic heterocycles. The van der Waals surface area contributed by atoms with Crippen LogP contribution in [0.3, 0.4) is 0 Å². The number of nitrogens with one attached hydrogen (secondary N) is 1. The van der Waals surface area contributed by atoms with Gasteiger partial charge in [-0.3, -0.25) is 4.98 Å². The molecular formula is C15H17FN2O2. The topological polar surface area (TPSA) is 43.4 Å². The highest BCUT2D eigenvalue weighted by Crippen LogP contribution is 2.30. The number of ether oxygens (including phenoxy) is 2. The van der Waals surface area contributed by atoms with Crippen LogP contribution in [-0.4, -0.2) is 31.8 Å². The Labute approximate surface area is 116 Å². The Balaban J connectivity index is 1.88. The molecule has 20 heavy (non-hydrogen) atoms. The molecule has 0 saturated carbocycles. The van der Waals surface area contributed by atoms with Gasteiger partial charge in [0, 0.05) is 30.1 Å². The Hall–Kier alpha value is -1.88. The number of hydrogen-bond donors (Lipinski definition) is 1. The lowest BCUT2D eigenvalue weighted by molar-refractivity contribution is 0.262. The largest absolute Gasteiger partial charge is 0.494 e. The van der Waals surface area contributed by atoms with Crippen LogP contribution in [0.4, 0.5) is 4.39 Å². The van der Waals surface area contributed by atoms with Crippen LogP contribution in [0, 0.1) is 11.7 Å². The van der Waals surface area contributed by atoms with Gasteiger partial charge in [0.15, 0.2) is 11.6 Å². The molecule has 0 spiro atoms. The monoisotopic (exact) mass is 276 g/mol. The van der Waals surface area contributed by atoms with Crippen molar-refractivity contribution in [2.75, 3.05) is 26.8 Å². The molecule has 2 aromatic rings. The molecule has 1 aliphatic heterocycles. The lowest BCUT2D eigenvalue weighted by Gasteiger charge is -2.13. The highest BCUT2D eigenvalue weighted by molar-refractivity contribution is 5.86. The number of aromatic nitrogens is 1. The normalized spacial score (nSPS) is 18.4. The first kappa shape index (κ1) is 13.1. The van der Waals surface area contributed by atoms with Gasteiger partial charge in [-0.05, 0) is 25.1 Å². The van der Waals surface area contributed by atoms with Crippen molar-refractivity contribution in [1.82, 2.24) is 10.3 Å². The first-order valence-electron chi connectivity index (χ1n) is 6.73. The fourth-order valence-electron chi connectivity index (χ4n) is 2.47. The SMILES string of the molecule is COc1cc2nccc(OC[C@@H]3CCNC3)c2cc1F. The number of fused-ring (bicyclic) bond motifs is 1. The summed E-state index contributed by atoms with van der Waals surface area (Å²) in [7, 11) is 1.44. The van der Waals surface area contributed by atoms with Gasteiger partial charge in [-0.1, -0.05) is 0 Å². The van der Waals surface area contributed by atoms with Crippen LogP contribution < -0.4 is 14.8 Å². The van der Waals surface area contributed by atoms with E-state index < -0.39 is 5.82 Å². The molecule has 2 heterocycles. The number of benzene rings is 1. The van der Waals surface area contributed by atoms with Crippen molar-refractivity contribution in [3.05, 3.63) is 30.2 Å². The summed E-state index contributed by atoms with van der Waals surface area (Å²) >= 11 is 0. The van der Waals surface area contributed by atoms with E-state index in [-0.39, 0.29) is 5.75 Å². The van der Waals surface area contributed by atoms with Crippen LogP contribution in [0.25, 0.3) is 10.9 Å². The van der Waals surface area contributed by atoms with Crippen LogP contribution in [0.2, 0.25) is 0 Å². The van der Waals surface area contributed by atoms with E-state index in [0.717, 1.165) is 19.5 Å². The maximum absolute atomic E-state index is 13.8. The summed E-state index contributed by atoms with van der Waals surface area (Å²) < 4.78 is 24.6. The maximum atomic E-state index is 13.8. The van der Waals surface area contributed by atoms with Crippen molar-refractivity contribution in [2.45, 2.75) is 6.42 Å². The third-order valence-electron chi connectivity index (χ3n) is 3.61. The Bertz CT molecular complexity index is 612. The summed E-state index contributed by atoms with van der Waals surface area (Å²) in [5.74, 6) is 0.979. The molecule has 0 radical (unpaired) electrons. The van der Waals surface area contributed by atoms with Crippen LogP contribution in [0.1, 0.15) is 6.42 Å². The first-order valence-corrected chi connectivity index (χ1v) is 6.73. The molecule has 4 nitrogen and oxygen atoms in total. The third-order valence-corrected chi connectivity index (χ3v) is 3.61. The average molecular weight is 276 g/mol. The van der Waals surface area contributed by atoms with Crippen LogP contribution >= 0.6 is 0 Å². The molecule has 0 aliphatic carbocycles. The molecule has 106 valence electrons. The second-order valence-corrected chi connectivity index (χ2v) is 4.98. The molecule has 0 unspecified atom stereocenters. The maximum Gasteiger partial charge on any atom is 0.165 e. The van der Waals surface area contributed by atoms with Gasteiger partial charge < -0.3 is 14.8 Å². The number of nitrogens with zero attached hydrogens (tertiary/aromatic N) is 1. The molecule has 1 saturated heterocycles. The van der Waals surface area contributed by atoms with Crippen molar-refractivity contribution < 1.29 is 13.9 Å². The number of pyridine rings is 1. The zero-order chi connectivity index (χ0) is 13.9. The van der Waals surface area contributed by atoms with Gasteiger partial charge >= 0.3 is 0 Å². The highest BCUT2D eigenvalue weighted by Gasteiger charge is 2.16. The van der Waals surface area contributed by atoms with Crippen molar-refractivity contribution in [1.29, 1.82) is 0 Å². The molecule has 1 atom stereocenters. The fourth-order valence-corrected chi connectivity index (χ4v) is 2.47. The van der Waals surface area contributed by atoms with Gasteiger partial charge in [0.25, 0.3) is 0 Å². The van der Waals surface area contributed by atoms with E-state index in [4.69, 9.17) is 9.47 Å². The summed E-state index contributed by atoms with van der Waals surface area (Å²) in [6, 6.07) is 4.79. The molecule has 5 heteroatoms. The lowest BCUT2D eigenvalue weighted by atomic mass is 10.1. The number of methoxy groups -OCH3 is 1. The van der Waals surface area contributed by atoms with Crippen molar-refractivity contribution in [3.63, 3.8) is 0 Å². The smallest absolute Gasteiger partial charge is 0.165 e. The van der Waals surface area contributed by atoms with E-state index in [1.54, 1.807) is 18.3 Å². The van der Waals surface area contributed by atoms with Gasteiger partial charge in [0.1, 0.15) is 5.75 Å². The van der Waals surface area contributed by atoms with Crippen LogP contribution in [0.5, 0.6) is 11.5 Å². The van der Waals surface area contributed by atoms with E-state index in [1.165, 1.54) is 13.2 Å². The fraction of sp³-hybridized carbons (Fsp3) is 0.400. The van der Waals surface area contributed by atoms with E-state index >= 15 is 0 Å². The van der Waals surface area contributed by atoms with Crippen molar-refractivity contribution >= 4 is 10.9 Å². The average Bonchev–Trinajstić information content (AvgIpc) is 2.97. The molecule has 0 bridgehead atoms. The molecule has 1 aromatic carbocycles. The van der Waals surface area contributed by atoms with Gasteiger partial charge in [0.2, 0.25) is 0 Å². The van der Waals surface area contributed by atoms with Gasteiger partial charge in [-0.2, -0.15) is 0 Å². The molecule has 0 amide bonds. The zero-order valence-electron chi connectivity index (χ0n) is 11.4. The quantitative estimate of drug-likeness (QED) is 0.931. The van der Waals surface area contributed by atoms with Gasteiger partial charge in [-0.25, -0.2) is 4.39 Å². The minimum absolute atomic E-state index is 0.196. The Kier molecular flexibility index (Phi) is 3.69. The molecule has 1 aliphatic rings. The summed E-state index contributed by atoms with van der Waals surface area (Å²) in [5.41, 5.74) is 0.672. The predicted octanol–water partition coefficient (Wildman–Crippen LogP) is 2.37. The van der Waals surface area contributed by atoms with Crippen LogP contribution in [0.15, 0.2) is 24.4 Å². The van der Waals surface area contributed by atoms with E-state index in [0.29, 0.717) is 29.2 Å². The summed E-state index contributed by atoms with van der Waals surface area (Å²) in [6.45, 7) is 2.65. The molecule has 1 fully saturated rings. The second kappa shape index (κ2) is 5.63. The number of hydrogen-bond acceptors (Lipinski definition) is 4. The minimum atomic E-state index is -0.402. The Morgan fingerprint density at radius 1 is 1.40 bits per heavy atom. The first-order chi connectivity index (χ1) is 9.78. The molecular weight excluding hydrogens is 259 g/mol. The lowest BCUT2D eigenvalue weighted by Crippen LogP contribution is -2.15. The van der Waals surface area contributed by atoms with E-state index in [1.807, 2.05) is 0 Å². The highest BCUT2D eigenvalue weighted by atomic mass is 19.1. The van der Waals surface area contributed by atoms with E-state index in [9.17, 15) is 4.39 Å². The van der Waals surface area contributed by atoms with E-state index in [2.05, 4.69) is 10.3 Å². The number of halogens is 1. The standard InChI is InChI=1S/C15H17FN2O2/c1-19-15-7-13-11(6-12(15)16)14(3-5-18-13)20-9-10-2-4-17-8-10/h3,5-7,10,17H,2,4,8-9H2,1H3/t10-/m1/s1.